The predicted molar refractivity (Wildman–Crippen MR) is 67.4 cm³/mol. The highest BCUT2D eigenvalue weighted by molar-refractivity contribution is 9.10. The number of nitrogens with one attached hydrogen (secondary N) is 1. The van der Waals surface area contributed by atoms with Crippen molar-refractivity contribution in [3.8, 4) is 0 Å². The van der Waals surface area contributed by atoms with Gasteiger partial charge in [0.05, 0.1) is 6.42 Å². The summed E-state index contributed by atoms with van der Waals surface area (Å²) < 4.78 is 1.04. The number of rotatable bonds is 6. The molecule has 0 aliphatic carbocycles. The number of hydrogen-bond donors (Lipinski definition) is 2. The lowest BCUT2D eigenvalue weighted by Gasteiger charge is -2.17. The first-order chi connectivity index (χ1) is 7.63. The Labute approximate surface area is 104 Å². The Morgan fingerprint density at radius 3 is 2.88 bits per heavy atom. The summed E-state index contributed by atoms with van der Waals surface area (Å²) in [5, 5.41) is 11.8. The fourth-order valence-corrected chi connectivity index (χ4v) is 1.99. The van der Waals surface area contributed by atoms with Gasteiger partial charge in [0.1, 0.15) is 0 Å². The van der Waals surface area contributed by atoms with Crippen LogP contribution >= 0.6 is 15.9 Å². The molecule has 1 aromatic carbocycles. The first-order valence-corrected chi connectivity index (χ1v) is 6.13. The monoisotopic (exact) mass is 285 g/mol. The molecular formula is C12H16BrNO2. The van der Waals surface area contributed by atoms with Crippen molar-refractivity contribution in [3.63, 3.8) is 0 Å². The van der Waals surface area contributed by atoms with Gasteiger partial charge in [-0.1, -0.05) is 35.0 Å². The third kappa shape index (κ3) is 4.33. The number of aliphatic carboxylic acids is 1. The van der Waals surface area contributed by atoms with E-state index in [4.69, 9.17) is 5.11 Å². The smallest absolute Gasteiger partial charge is 0.304 e. The van der Waals surface area contributed by atoms with E-state index in [0.29, 0.717) is 6.54 Å². The van der Waals surface area contributed by atoms with Crippen LogP contribution in [0, 0.1) is 0 Å². The van der Waals surface area contributed by atoms with Gasteiger partial charge in [0, 0.05) is 17.1 Å². The van der Waals surface area contributed by atoms with Crippen LogP contribution in [-0.2, 0) is 4.79 Å². The summed E-state index contributed by atoms with van der Waals surface area (Å²) in [7, 11) is 0. The van der Waals surface area contributed by atoms with Crippen LogP contribution in [0.1, 0.15) is 31.4 Å². The molecule has 1 unspecified atom stereocenters. The first kappa shape index (κ1) is 13.2. The number of hydrogen-bond acceptors (Lipinski definition) is 2. The number of carbonyl (C=O) groups is 1. The number of benzene rings is 1. The molecule has 0 aliphatic rings. The Kier molecular flexibility index (Phi) is 5.49. The summed E-state index contributed by atoms with van der Waals surface area (Å²) in [6.07, 6.45) is 1.10. The molecule has 0 radical (unpaired) electrons. The van der Waals surface area contributed by atoms with E-state index in [-0.39, 0.29) is 12.5 Å². The summed E-state index contributed by atoms with van der Waals surface area (Å²) in [6.45, 7) is 2.58. The maximum Gasteiger partial charge on any atom is 0.304 e. The Bertz CT molecular complexity index is 355. The van der Waals surface area contributed by atoms with E-state index in [1.54, 1.807) is 0 Å². The molecular weight excluding hydrogens is 270 g/mol. The molecule has 0 amide bonds. The van der Waals surface area contributed by atoms with Gasteiger partial charge in [0.15, 0.2) is 0 Å². The van der Waals surface area contributed by atoms with E-state index in [1.165, 1.54) is 5.56 Å². The molecule has 0 spiro atoms. The highest BCUT2D eigenvalue weighted by atomic mass is 79.9. The van der Waals surface area contributed by atoms with Crippen LogP contribution in [0.5, 0.6) is 0 Å². The number of halogens is 1. The molecule has 0 saturated heterocycles. The van der Waals surface area contributed by atoms with Crippen LogP contribution in [0.4, 0.5) is 0 Å². The second-order valence-electron chi connectivity index (χ2n) is 3.61. The maximum absolute atomic E-state index is 10.4. The summed E-state index contributed by atoms with van der Waals surface area (Å²) in [4.78, 5) is 10.4. The van der Waals surface area contributed by atoms with E-state index in [1.807, 2.05) is 18.2 Å². The summed E-state index contributed by atoms with van der Waals surface area (Å²) >= 11 is 3.43. The second-order valence-corrected chi connectivity index (χ2v) is 4.53. The van der Waals surface area contributed by atoms with Crippen molar-refractivity contribution >= 4 is 21.9 Å². The van der Waals surface area contributed by atoms with Gasteiger partial charge < -0.3 is 10.4 Å². The molecule has 0 aliphatic heterocycles. The minimum atomic E-state index is -0.767. The largest absolute Gasteiger partial charge is 0.481 e. The zero-order valence-corrected chi connectivity index (χ0v) is 10.8. The van der Waals surface area contributed by atoms with Crippen LogP contribution < -0.4 is 5.32 Å². The Morgan fingerprint density at radius 2 is 2.31 bits per heavy atom. The highest BCUT2D eigenvalue weighted by Crippen LogP contribution is 2.20. The van der Waals surface area contributed by atoms with Crippen LogP contribution in [0.2, 0.25) is 0 Å². The van der Waals surface area contributed by atoms with Crippen molar-refractivity contribution in [1.82, 2.24) is 5.32 Å². The molecule has 88 valence electrons. The maximum atomic E-state index is 10.4. The molecule has 1 atom stereocenters. The SMILES string of the molecule is CCC(NCCC(=O)O)c1cccc(Br)c1. The minimum Gasteiger partial charge on any atom is -0.481 e. The number of carboxylic acid groups (broad SMARTS) is 1. The molecule has 4 heteroatoms. The highest BCUT2D eigenvalue weighted by Gasteiger charge is 2.09. The van der Waals surface area contributed by atoms with E-state index >= 15 is 0 Å². The molecule has 0 heterocycles. The number of carboxylic acids is 1. The third-order valence-corrected chi connectivity index (χ3v) is 2.88. The lowest BCUT2D eigenvalue weighted by atomic mass is 10.0. The van der Waals surface area contributed by atoms with Gasteiger partial charge in [-0.05, 0) is 24.1 Å². The minimum absolute atomic E-state index is 0.157. The van der Waals surface area contributed by atoms with E-state index < -0.39 is 5.97 Å². The fourth-order valence-electron chi connectivity index (χ4n) is 1.57. The van der Waals surface area contributed by atoms with Gasteiger partial charge in [0.2, 0.25) is 0 Å². The van der Waals surface area contributed by atoms with Gasteiger partial charge in [-0.15, -0.1) is 0 Å². The predicted octanol–water partition coefficient (Wildman–Crippen LogP) is 2.96. The fraction of sp³-hybridized carbons (Fsp3) is 0.417. The van der Waals surface area contributed by atoms with Gasteiger partial charge in [-0.2, -0.15) is 0 Å². The van der Waals surface area contributed by atoms with Crippen LogP contribution in [0.3, 0.4) is 0 Å². The van der Waals surface area contributed by atoms with Crippen molar-refractivity contribution < 1.29 is 9.90 Å². The van der Waals surface area contributed by atoms with Crippen molar-refractivity contribution in [2.75, 3.05) is 6.54 Å². The first-order valence-electron chi connectivity index (χ1n) is 5.34. The zero-order chi connectivity index (χ0) is 12.0. The molecule has 16 heavy (non-hydrogen) atoms. The van der Waals surface area contributed by atoms with Crippen LogP contribution in [-0.4, -0.2) is 17.6 Å². The molecule has 0 fully saturated rings. The standard InChI is InChI=1S/C12H16BrNO2/c1-2-11(14-7-6-12(15)16)9-4-3-5-10(13)8-9/h3-5,8,11,14H,2,6-7H2,1H3,(H,15,16). The Balaban J connectivity index is 2.57. The lowest BCUT2D eigenvalue weighted by Crippen LogP contribution is -2.23. The van der Waals surface area contributed by atoms with Gasteiger partial charge in [-0.25, -0.2) is 0 Å². The topological polar surface area (TPSA) is 49.3 Å². The summed E-state index contributed by atoms with van der Waals surface area (Å²) in [5.74, 6) is -0.767. The van der Waals surface area contributed by atoms with Gasteiger partial charge >= 0.3 is 5.97 Å². The summed E-state index contributed by atoms with van der Waals surface area (Å²) in [5.41, 5.74) is 1.18. The average Bonchev–Trinajstić information content (AvgIpc) is 2.24. The summed E-state index contributed by atoms with van der Waals surface area (Å²) in [6, 6.07) is 8.29. The Hall–Kier alpha value is -0.870. The lowest BCUT2D eigenvalue weighted by molar-refractivity contribution is -0.136. The van der Waals surface area contributed by atoms with Crippen molar-refractivity contribution in [1.29, 1.82) is 0 Å². The molecule has 0 saturated carbocycles. The van der Waals surface area contributed by atoms with Gasteiger partial charge in [-0.3, -0.25) is 4.79 Å². The van der Waals surface area contributed by atoms with Gasteiger partial charge in [0.25, 0.3) is 0 Å². The molecule has 0 bridgehead atoms. The van der Waals surface area contributed by atoms with Crippen LogP contribution in [0.25, 0.3) is 0 Å². The van der Waals surface area contributed by atoms with E-state index in [2.05, 4.69) is 34.2 Å². The molecule has 3 nitrogen and oxygen atoms in total. The molecule has 1 rings (SSSR count). The van der Waals surface area contributed by atoms with Crippen molar-refractivity contribution in [3.05, 3.63) is 34.3 Å². The van der Waals surface area contributed by atoms with Crippen molar-refractivity contribution in [2.24, 2.45) is 0 Å². The van der Waals surface area contributed by atoms with E-state index in [0.717, 1.165) is 10.9 Å². The van der Waals surface area contributed by atoms with E-state index in [9.17, 15) is 4.79 Å². The Morgan fingerprint density at radius 1 is 1.56 bits per heavy atom. The third-order valence-electron chi connectivity index (χ3n) is 2.39. The zero-order valence-electron chi connectivity index (χ0n) is 9.24. The normalized spacial score (nSPS) is 12.4. The molecule has 1 aromatic rings. The molecule has 0 aromatic heterocycles. The van der Waals surface area contributed by atoms with Crippen molar-refractivity contribution in [2.45, 2.75) is 25.8 Å². The second kappa shape index (κ2) is 6.66. The average molecular weight is 286 g/mol. The molecule has 2 N–H and O–H groups in total. The quantitative estimate of drug-likeness (QED) is 0.845. The van der Waals surface area contributed by atoms with Crippen LogP contribution in [0.15, 0.2) is 28.7 Å².